The van der Waals surface area contributed by atoms with Crippen molar-refractivity contribution in [2.45, 2.75) is 26.2 Å². The zero-order valence-corrected chi connectivity index (χ0v) is 10.1. The number of benzene rings is 1. The third-order valence-corrected chi connectivity index (χ3v) is 2.72. The van der Waals surface area contributed by atoms with Crippen LogP contribution in [0.1, 0.15) is 24.5 Å². The SMILES string of the molecule is CCc1cc(CCCN)cc(Cl)c1OC. The van der Waals surface area contributed by atoms with Crippen LogP contribution >= 0.6 is 11.6 Å². The molecule has 2 nitrogen and oxygen atoms in total. The van der Waals surface area contributed by atoms with E-state index >= 15 is 0 Å². The smallest absolute Gasteiger partial charge is 0.140 e. The Bertz CT molecular complexity index is 326. The van der Waals surface area contributed by atoms with Gasteiger partial charge in [0.2, 0.25) is 0 Å². The zero-order chi connectivity index (χ0) is 11.3. The summed E-state index contributed by atoms with van der Waals surface area (Å²) in [4.78, 5) is 0. The highest BCUT2D eigenvalue weighted by Gasteiger charge is 2.08. The topological polar surface area (TPSA) is 35.2 Å². The number of methoxy groups -OCH3 is 1. The van der Waals surface area contributed by atoms with Crippen molar-refractivity contribution in [1.82, 2.24) is 0 Å². The van der Waals surface area contributed by atoms with E-state index in [4.69, 9.17) is 22.1 Å². The van der Waals surface area contributed by atoms with Gasteiger partial charge >= 0.3 is 0 Å². The molecule has 0 aliphatic carbocycles. The summed E-state index contributed by atoms with van der Waals surface area (Å²) in [6.07, 6.45) is 2.90. The average Bonchev–Trinajstić information content (AvgIpc) is 2.25. The molecular formula is C12H18ClNO. The molecule has 0 unspecified atom stereocenters. The highest BCUT2D eigenvalue weighted by Crippen LogP contribution is 2.30. The van der Waals surface area contributed by atoms with Gasteiger partial charge in [0.15, 0.2) is 0 Å². The Labute approximate surface area is 96.4 Å². The van der Waals surface area contributed by atoms with Crippen LogP contribution in [-0.2, 0) is 12.8 Å². The first-order valence-corrected chi connectivity index (χ1v) is 5.66. The summed E-state index contributed by atoms with van der Waals surface area (Å²) in [6, 6.07) is 4.12. The van der Waals surface area contributed by atoms with E-state index < -0.39 is 0 Å². The van der Waals surface area contributed by atoms with E-state index in [1.165, 1.54) is 5.56 Å². The van der Waals surface area contributed by atoms with Crippen molar-refractivity contribution >= 4 is 11.6 Å². The summed E-state index contributed by atoms with van der Waals surface area (Å²) >= 11 is 6.14. The van der Waals surface area contributed by atoms with Gasteiger partial charge in [-0.3, -0.25) is 0 Å². The molecule has 3 heteroatoms. The van der Waals surface area contributed by atoms with Crippen molar-refractivity contribution in [3.63, 3.8) is 0 Å². The molecule has 84 valence electrons. The molecule has 0 aliphatic rings. The molecule has 15 heavy (non-hydrogen) atoms. The fraction of sp³-hybridized carbons (Fsp3) is 0.500. The summed E-state index contributed by atoms with van der Waals surface area (Å²) in [7, 11) is 1.65. The van der Waals surface area contributed by atoms with Gasteiger partial charge in [0.1, 0.15) is 5.75 Å². The predicted octanol–water partition coefficient (Wildman–Crippen LogP) is 2.80. The molecule has 1 rings (SSSR count). The van der Waals surface area contributed by atoms with E-state index in [2.05, 4.69) is 13.0 Å². The van der Waals surface area contributed by atoms with Gasteiger partial charge < -0.3 is 10.5 Å². The monoisotopic (exact) mass is 227 g/mol. The number of nitrogens with two attached hydrogens (primary N) is 1. The molecule has 0 aliphatic heterocycles. The number of ether oxygens (including phenoxy) is 1. The molecule has 0 spiro atoms. The molecular weight excluding hydrogens is 210 g/mol. The maximum absolute atomic E-state index is 6.14. The molecule has 2 N–H and O–H groups in total. The minimum Gasteiger partial charge on any atom is -0.495 e. The Balaban J connectivity index is 2.97. The molecule has 0 saturated carbocycles. The quantitative estimate of drug-likeness (QED) is 0.840. The molecule has 0 bridgehead atoms. The van der Waals surface area contributed by atoms with E-state index in [1.807, 2.05) is 6.07 Å². The summed E-state index contributed by atoms with van der Waals surface area (Å²) in [6.45, 7) is 2.81. The van der Waals surface area contributed by atoms with Crippen molar-refractivity contribution in [3.8, 4) is 5.75 Å². The third kappa shape index (κ3) is 3.11. The van der Waals surface area contributed by atoms with Crippen LogP contribution in [0.15, 0.2) is 12.1 Å². The van der Waals surface area contributed by atoms with Gasteiger partial charge in [-0.15, -0.1) is 0 Å². The van der Waals surface area contributed by atoms with E-state index in [-0.39, 0.29) is 0 Å². The zero-order valence-electron chi connectivity index (χ0n) is 9.35. The number of hydrogen-bond donors (Lipinski definition) is 1. The summed E-state index contributed by atoms with van der Waals surface area (Å²) < 4.78 is 5.27. The van der Waals surface area contributed by atoms with Gasteiger partial charge in [0, 0.05) is 0 Å². The van der Waals surface area contributed by atoms with E-state index in [9.17, 15) is 0 Å². The minimum atomic E-state index is 0.698. The maximum Gasteiger partial charge on any atom is 0.140 e. The molecule has 0 saturated heterocycles. The van der Waals surface area contributed by atoms with Crippen molar-refractivity contribution in [2.24, 2.45) is 5.73 Å². The molecule has 1 aromatic rings. The highest BCUT2D eigenvalue weighted by molar-refractivity contribution is 6.32. The van der Waals surface area contributed by atoms with Crippen LogP contribution < -0.4 is 10.5 Å². The summed E-state index contributed by atoms with van der Waals surface area (Å²) in [5, 5.41) is 0.698. The number of hydrogen-bond acceptors (Lipinski definition) is 2. The molecule has 0 aromatic heterocycles. The Morgan fingerprint density at radius 2 is 2.13 bits per heavy atom. The summed E-state index contributed by atoms with van der Waals surface area (Å²) in [5.74, 6) is 0.802. The Kier molecular flexibility index (Phi) is 4.92. The van der Waals surface area contributed by atoms with Crippen molar-refractivity contribution in [1.29, 1.82) is 0 Å². The molecule has 0 radical (unpaired) electrons. The lowest BCUT2D eigenvalue weighted by Crippen LogP contribution is -2.01. The Morgan fingerprint density at radius 1 is 1.40 bits per heavy atom. The van der Waals surface area contributed by atoms with Gasteiger partial charge in [0.05, 0.1) is 12.1 Å². The van der Waals surface area contributed by atoms with Gasteiger partial charge in [0.25, 0.3) is 0 Å². The molecule has 0 heterocycles. The standard InChI is InChI=1S/C12H18ClNO/c1-3-10-7-9(5-4-6-14)8-11(13)12(10)15-2/h7-8H,3-6,14H2,1-2H3. The molecule has 0 amide bonds. The molecule has 0 fully saturated rings. The number of rotatable bonds is 5. The first kappa shape index (κ1) is 12.3. The van der Waals surface area contributed by atoms with E-state index in [0.717, 1.165) is 30.6 Å². The van der Waals surface area contributed by atoms with Gasteiger partial charge in [-0.05, 0) is 43.0 Å². The van der Waals surface area contributed by atoms with Crippen LogP contribution in [0.2, 0.25) is 5.02 Å². The van der Waals surface area contributed by atoms with Crippen molar-refractivity contribution < 1.29 is 4.74 Å². The van der Waals surface area contributed by atoms with Gasteiger partial charge in [-0.2, -0.15) is 0 Å². The Morgan fingerprint density at radius 3 is 2.67 bits per heavy atom. The molecule has 1 aromatic carbocycles. The lowest BCUT2D eigenvalue weighted by molar-refractivity contribution is 0.410. The first-order valence-electron chi connectivity index (χ1n) is 5.28. The normalized spacial score (nSPS) is 10.4. The van der Waals surface area contributed by atoms with Crippen LogP contribution in [0.25, 0.3) is 0 Å². The second-order valence-electron chi connectivity index (χ2n) is 3.52. The highest BCUT2D eigenvalue weighted by atomic mass is 35.5. The number of aryl methyl sites for hydroxylation is 2. The first-order chi connectivity index (χ1) is 7.22. The van der Waals surface area contributed by atoms with Crippen LogP contribution in [-0.4, -0.2) is 13.7 Å². The summed E-state index contributed by atoms with van der Waals surface area (Å²) in [5.41, 5.74) is 7.89. The van der Waals surface area contributed by atoms with Crippen LogP contribution in [0, 0.1) is 0 Å². The largest absolute Gasteiger partial charge is 0.495 e. The fourth-order valence-electron chi connectivity index (χ4n) is 1.65. The van der Waals surface area contributed by atoms with Crippen molar-refractivity contribution in [2.75, 3.05) is 13.7 Å². The van der Waals surface area contributed by atoms with Crippen LogP contribution in [0.3, 0.4) is 0 Å². The van der Waals surface area contributed by atoms with E-state index in [0.29, 0.717) is 11.6 Å². The second kappa shape index (κ2) is 5.99. The van der Waals surface area contributed by atoms with Crippen LogP contribution in [0.4, 0.5) is 0 Å². The maximum atomic E-state index is 6.14. The predicted molar refractivity (Wildman–Crippen MR) is 64.8 cm³/mol. The Hall–Kier alpha value is -0.730. The second-order valence-corrected chi connectivity index (χ2v) is 3.92. The lowest BCUT2D eigenvalue weighted by atomic mass is 10.0. The third-order valence-electron chi connectivity index (χ3n) is 2.43. The fourth-order valence-corrected chi connectivity index (χ4v) is 1.99. The van der Waals surface area contributed by atoms with E-state index in [1.54, 1.807) is 7.11 Å². The lowest BCUT2D eigenvalue weighted by Gasteiger charge is -2.11. The number of halogens is 1. The van der Waals surface area contributed by atoms with Gasteiger partial charge in [-0.25, -0.2) is 0 Å². The minimum absolute atomic E-state index is 0.698. The average molecular weight is 228 g/mol. The van der Waals surface area contributed by atoms with Crippen LogP contribution in [0.5, 0.6) is 5.75 Å². The van der Waals surface area contributed by atoms with Crippen molar-refractivity contribution in [3.05, 3.63) is 28.3 Å². The van der Waals surface area contributed by atoms with Gasteiger partial charge in [-0.1, -0.05) is 24.6 Å². The molecule has 0 atom stereocenters.